The fourth-order valence-electron chi connectivity index (χ4n) is 4.16. The Morgan fingerprint density at radius 1 is 1.14 bits per heavy atom. The number of aryl methyl sites for hydroxylation is 1. The molecule has 0 saturated carbocycles. The summed E-state index contributed by atoms with van der Waals surface area (Å²) in [5, 5.41) is 3.06. The Balaban J connectivity index is 1.47. The molecule has 35 heavy (non-hydrogen) atoms. The number of carbonyl (C=O) groups is 1. The van der Waals surface area contributed by atoms with Crippen molar-refractivity contribution in [1.29, 1.82) is 0 Å². The number of ether oxygens (including phenoxy) is 1. The number of halogens is 1. The molecular weight excluding hydrogens is 490 g/mol. The summed E-state index contributed by atoms with van der Waals surface area (Å²) in [6.45, 7) is 1.86. The number of nitrogens with zero attached hydrogens (tertiary/aromatic N) is 3. The van der Waals surface area contributed by atoms with Gasteiger partial charge in [-0.2, -0.15) is 0 Å². The maximum atomic E-state index is 12.9. The van der Waals surface area contributed by atoms with Crippen molar-refractivity contribution in [3.63, 3.8) is 0 Å². The molecule has 0 bridgehead atoms. The number of hydrogen-bond donors (Lipinski definition) is 2. The van der Waals surface area contributed by atoms with Gasteiger partial charge in [0.1, 0.15) is 0 Å². The average Bonchev–Trinajstić information content (AvgIpc) is 3.19. The van der Waals surface area contributed by atoms with Crippen LogP contribution in [0.5, 0.6) is 0 Å². The van der Waals surface area contributed by atoms with Crippen molar-refractivity contribution in [2.45, 2.75) is 18.9 Å². The molecule has 1 aliphatic heterocycles. The van der Waals surface area contributed by atoms with Gasteiger partial charge in [0.05, 0.1) is 46.9 Å². The SMILES string of the molecule is COC1CCN(c2ccc(-c3cc(C(=O)Nc4cc(Cl)cc(NS(C)(=O)=O)c4)cn3C)nc2)CC1. The molecule has 2 aromatic heterocycles. The van der Waals surface area contributed by atoms with E-state index in [1.54, 1.807) is 25.4 Å². The Kier molecular flexibility index (Phi) is 7.34. The van der Waals surface area contributed by atoms with Gasteiger partial charge in [-0.3, -0.25) is 14.5 Å². The molecule has 1 aliphatic rings. The molecule has 4 rings (SSSR count). The number of rotatable bonds is 7. The first-order valence-electron chi connectivity index (χ1n) is 11.1. The van der Waals surface area contributed by atoms with Crippen LogP contribution in [0.1, 0.15) is 23.2 Å². The highest BCUT2D eigenvalue weighted by molar-refractivity contribution is 7.92. The lowest BCUT2D eigenvalue weighted by atomic mass is 10.1. The first-order chi connectivity index (χ1) is 16.6. The van der Waals surface area contributed by atoms with Crippen molar-refractivity contribution in [3.05, 3.63) is 59.4 Å². The molecule has 0 aliphatic carbocycles. The topological polar surface area (TPSA) is 106 Å². The zero-order chi connectivity index (χ0) is 25.2. The first-order valence-corrected chi connectivity index (χ1v) is 13.4. The Bertz CT molecular complexity index is 1320. The van der Waals surface area contributed by atoms with Crippen LogP contribution in [0.2, 0.25) is 5.02 Å². The normalized spacial score (nSPS) is 14.7. The Morgan fingerprint density at radius 3 is 2.49 bits per heavy atom. The van der Waals surface area contributed by atoms with E-state index in [4.69, 9.17) is 16.3 Å². The zero-order valence-electron chi connectivity index (χ0n) is 19.8. The van der Waals surface area contributed by atoms with Crippen LogP contribution in [0.15, 0.2) is 48.8 Å². The number of benzene rings is 1. The van der Waals surface area contributed by atoms with E-state index >= 15 is 0 Å². The van der Waals surface area contributed by atoms with Crippen molar-refractivity contribution in [2.75, 3.05) is 41.4 Å². The number of aromatic nitrogens is 2. The minimum atomic E-state index is -3.48. The lowest BCUT2D eigenvalue weighted by Crippen LogP contribution is -2.36. The van der Waals surface area contributed by atoms with Gasteiger partial charge in [0.15, 0.2) is 0 Å². The van der Waals surface area contributed by atoms with E-state index in [1.165, 1.54) is 12.1 Å². The fraction of sp³-hybridized carbons (Fsp3) is 0.333. The molecule has 0 radical (unpaired) electrons. The van der Waals surface area contributed by atoms with Crippen molar-refractivity contribution < 1.29 is 17.9 Å². The van der Waals surface area contributed by atoms with Gasteiger partial charge >= 0.3 is 0 Å². The molecule has 1 saturated heterocycles. The number of hydrogen-bond acceptors (Lipinski definition) is 6. The van der Waals surface area contributed by atoms with Crippen molar-refractivity contribution in [1.82, 2.24) is 9.55 Å². The number of carbonyl (C=O) groups excluding carboxylic acids is 1. The number of amides is 1. The molecule has 1 fully saturated rings. The molecule has 2 N–H and O–H groups in total. The van der Waals surface area contributed by atoms with Gasteiger partial charge in [0, 0.05) is 44.2 Å². The van der Waals surface area contributed by atoms with E-state index in [0.717, 1.165) is 49.3 Å². The maximum Gasteiger partial charge on any atom is 0.257 e. The summed E-state index contributed by atoms with van der Waals surface area (Å²) in [5.74, 6) is -0.350. The highest BCUT2D eigenvalue weighted by atomic mass is 35.5. The second-order valence-electron chi connectivity index (χ2n) is 8.61. The summed E-state index contributed by atoms with van der Waals surface area (Å²) in [6.07, 6.45) is 6.93. The summed E-state index contributed by atoms with van der Waals surface area (Å²) in [6, 6.07) is 10.3. The molecule has 1 amide bonds. The number of pyridine rings is 1. The van der Waals surface area contributed by atoms with E-state index in [-0.39, 0.29) is 11.6 Å². The molecule has 0 unspecified atom stereocenters. The molecular formula is C24H28ClN5O4S. The van der Waals surface area contributed by atoms with E-state index in [9.17, 15) is 13.2 Å². The molecule has 1 aromatic carbocycles. The number of methoxy groups -OCH3 is 1. The first kappa shape index (κ1) is 25.0. The van der Waals surface area contributed by atoms with Gasteiger partial charge in [-0.15, -0.1) is 0 Å². The highest BCUT2D eigenvalue weighted by Gasteiger charge is 2.20. The molecule has 3 heterocycles. The maximum absolute atomic E-state index is 12.9. The van der Waals surface area contributed by atoms with Crippen LogP contribution in [0, 0.1) is 0 Å². The van der Waals surface area contributed by atoms with E-state index in [1.807, 2.05) is 29.9 Å². The van der Waals surface area contributed by atoms with Gasteiger partial charge in [-0.05, 0) is 49.2 Å². The lowest BCUT2D eigenvalue weighted by Gasteiger charge is -2.32. The van der Waals surface area contributed by atoms with Crippen LogP contribution in [0.4, 0.5) is 17.1 Å². The third kappa shape index (κ3) is 6.33. The fourth-order valence-corrected chi connectivity index (χ4v) is 4.94. The largest absolute Gasteiger partial charge is 0.381 e. The third-order valence-corrected chi connectivity index (χ3v) is 6.70. The monoisotopic (exact) mass is 517 g/mol. The Morgan fingerprint density at radius 2 is 1.86 bits per heavy atom. The number of nitrogens with one attached hydrogen (secondary N) is 2. The van der Waals surface area contributed by atoms with Crippen LogP contribution < -0.4 is 14.9 Å². The number of piperidine rings is 1. The molecule has 3 aromatic rings. The molecule has 0 spiro atoms. The van der Waals surface area contributed by atoms with E-state index in [0.29, 0.717) is 22.4 Å². The standard InChI is InChI=1S/C24H28ClN5O4S/c1-29-15-16(24(31)27-18-11-17(25)12-19(13-18)28-35(3,32)33)10-23(29)22-5-4-20(14-26-22)30-8-6-21(34-2)7-9-30/h4-5,10-15,21,28H,6-9H2,1-3H3,(H,27,31). The predicted molar refractivity (Wildman–Crippen MR) is 139 cm³/mol. The van der Waals surface area contributed by atoms with E-state index in [2.05, 4.69) is 19.9 Å². The van der Waals surface area contributed by atoms with Crippen LogP contribution in [0.3, 0.4) is 0 Å². The van der Waals surface area contributed by atoms with Gasteiger partial charge in [-0.25, -0.2) is 8.42 Å². The quantitative estimate of drug-likeness (QED) is 0.491. The predicted octanol–water partition coefficient (Wildman–Crippen LogP) is 3.98. The summed E-state index contributed by atoms with van der Waals surface area (Å²) < 4.78 is 32.7. The van der Waals surface area contributed by atoms with Crippen LogP contribution in [-0.4, -0.2) is 56.4 Å². The summed E-state index contributed by atoms with van der Waals surface area (Å²) in [5.41, 5.74) is 3.69. The minimum absolute atomic E-state index is 0.264. The van der Waals surface area contributed by atoms with Crippen LogP contribution in [0.25, 0.3) is 11.4 Å². The van der Waals surface area contributed by atoms with Gasteiger partial charge < -0.3 is 19.5 Å². The van der Waals surface area contributed by atoms with Gasteiger partial charge in [0.2, 0.25) is 10.0 Å². The minimum Gasteiger partial charge on any atom is -0.381 e. The lowest BCUT2D eigenvalue weighted by molar-refractivity contribution is 0.0819. The molecule has 186 valence electrons. The summed E-state index contributed by atoms with van der Waals surface area (Å²) in [4.78, 5) is 19.8. The number of anilines is 3. The van der Waals surface area contributed by atoms with Crippen molar-refractivity contribution in [3.8, 4) is 11.4 Å². The third-order valence-electron chi connectivity index (χ3n) is 5.88. The smallest absolute Gasteiger partial charge is 0.257 e. The Hall–Kier alpha value is -3.08. The molecule has 0 atom stereocenters. The number of sulfonamides is 1. The zero-order valence-corrected chi connectivity index (χ0v) is 21.4. The van der Waals surface area contributed by atoms with Gasteiger partial charge in [0.25, 0.3) is 5.91 Å². The average molecular weight is 518 g/mol. The van der Waals surface area contributed by atoms with Crippen LogP contribution in [-0.2, 0) is 21.8 Å². The highest BCUT2D eigenvalue weighted by Crippen LogP contribution is 2.27. The second-order valence-corrected chi connectivity index (χ2v) is 10.8. The van der Waals surface area contributed by atoms with Gasteiger partial charge in [-0.1, -0.05) is 11.6 Å². The van der Waals surface area contributed by atoms with Crippen LogP contribution >= 0.6 is 11.6 Å². The van der Waals surface area contributed by atoms with E-state index < -0.39 is 10.0 Å². The Labute approximate surface area is 210 Å². The van der Waals surface area contributed by atoms with Crippen molar-refractivity contribution in [2.24, 2.45) is 7.05 Å². The van der Waals surface area contributed by atoms with Crippen molar-refractivity contribution >= 4 is 44.6 Å². The summed E-state index contributed by atoms with van der Waals surface area (Å²) >= 11 is 6.09. The summed E-state index contributed by atoms with van der Waals surface area (Å²) in [7, 11) is 0.131. The second kappa shape index (κ2) is 10.3. The molecule has 11 heteroatoms. The molecule has 9 nitrogen and oxygen atoms in total.